The Bertz CT molecular complexity index is 48.5. The van der Waals surface area contributed by atoms with Crippen molar-refractivity contribution in [2.24, 2.45) is 0 Å². The highest BCUT2D eigenvalue weighted by atomic mass is 16.5. The Hall–Kier alpha value is -0.0551. The van der Waals surface area contributed by atoms with Crippen molar-refractivity contribution in [3.63, 3.8) is 0 Å². The van der Waals surface area contributed by atoms with Crippen molar-refractivity contribution < 1.29 is 14.8 Å². The van der Waals surface area contributed by atoms with Gasteiger partial charge in [-0.1, -0.05) is 0 Å². The lowest BCUT2D eigenvalue weighted by molar-refractivity contribution is 0.156. The van der Waals surface area contributed by atoms with Gasteiger partial charge in [0.15, 0.2) is 0 Å². The maximum atomic E-state index is 8.25. The smallest absolute Gasteiger partial charge is 0.427 e. The van der Waals surface area contributed by atoms with E-state index in [0.717, 1.165) is 0 Å². The van der Waals surface area contributed by atoms with Gasteiger partial charge >= 0.3 is 7.12 Å². The molecule has 0 fully saturated rings. The standard InChI is InChI=1S/C4H11BO3/c1-2-8-4-3-5(6)7/h6-7H,2-4H2,1H3. The molecule has 0 saturated heterocycles. The number of hydrogen-bond donors (Lipinski definition) is 2. The van der Waals surface area contributed by atoms with E-state index >= 15 is 0 Å². The molecule has 0 amide bonds. The van der Waals surface area contributed by atoms with Gasteiger partial charge in [-0.3, -0.25) is 0 Å². The van der Waals surface area contributed by atoms with Crippen LogP contribution in [0.25, 0.3) is 0 Å². The molecule has 3 nitrogen and oxygen atoms in total. The number of ether oxygens (including phenoxy) is 1. The van der Waals surface area contributed by atoms with E-state index < -0.39 is 7.12 Å². The van der Waals surface area contributed by atoms with E-state index in [1.54, 1.807) is 0 Å². The van der Waals surface area contributed by atoms with Crippen LogP contribution in [-0.4, -0.2) is 30.4 Å². The molecule has 0 heterocycles. The van der Waals surface area contributed by atoms with E-state index in [9.17, 15) is 0 Å². The van der Waals surface area contributed by atoms with Gasteiger partial charge in [0, 0.05) is 19.5 Å². The van der Waals surface area contributed by atoms with Crippen LogP contribution in [-0.2, 0) is 4.74 Å². The second-order valence-corrected chi connectivity index (χ2v) is 1.47. The SMILES string of the molecule is CCOCCB(O)O. The van der Waals surface area contributed by atoms with Gasteiger partial charge in [-0.25, -0.2) is 0 Å². The summed E-state index contributed by atoms with van der Waals surface area (Å²) in [4.78, 5) is 0. The fourth-order valence-corrected chi connectivity index (χ4v) is 0.333. The van der Waals surface area contributed by atoms with Crippen molar-refractivity contribution in [2.75, 3.05) is 13.2 Å². The Labute approximate surface area is 49.4 Å². The van der Waals surface area contributed by atoms with E-state index in [1.807, 2.05) is 6.92 Å². The second kappa shape index (κ2) is 5.09. The first-order valence-corrected chi connectivity index (χ1v) is 2.71. The fourth-order valence-electron chi connectivity index (χ4n) is 0.333. The molecule has 0 saturated carbocycles. The van der Waals surface area contributed by atoms with Gasteiger partial charge in [0.1, 0.15) is 0 Å². The van der Waals surface area contributed by atoms with Crippen LogP contribution in [0.3, 0.4) is 0 Å². The Morgan fingerprint density at radius 3 is 2.50 bits per heavy atom. The van der Waals surface area contributed by atoms with E-state index in [0.29, 0.717) is 19.5 Å². The molecule has 0 aliphatic heterocycles. The monoisotopic (exact) mass is 118 g/mol. The minimum atomic E-state index is -1.22. The molecule has 0 aliphatic carbocycles. The van der Waals surface area contributed by atoms with Crippen molar-refractivity contribution in [1.82, 2.24) is 0 Å². The lowest BCUT2D eigenvalue weighted by atomic mass is 9.87. The zero-order valence-corrected chi connectivity index (χ0v) is 5.00. The van der Waals surface area contributed by atoms with Crippen LogP contribution in [0.1, 0.15) is 6.92 Å². The lowest BCUT2D eigenvalue weighted by Gasteiger charge is -1.97. The summed E-state index contributed by atoms with van der Waals surface area (Å²) in [6.45, 7) is 2.92. The normalized spacial score (nSPS) is 9.38. The van der Waals surface area contributed by atoms with Gasteiger partial charge < -0.3 is 14.8 Å². The predicted molar refractivity (Wildman–Crippen MR) is 31.5 cm³/mol. The Morgan fingerprint density at radius 2 is 2.12 bits per heavy atom. The summed E-state index contributed by atoms with van der Waals surface area (Å²) in [6.07, 6.45) is 0.299. The van der Waals surface area contributed by atoms with Crippen LogP contribution in [0.4, 0.5) is 0 Å². The van der Waals surface area contributed by atoms with Crippen LogP contribution in [0.5, 0.6) is 0 Å². The van der Waals surface area contributed by atoms with E-state index in [-0.39, 0.29) is 0 Å². The molecule has 48 valence electrons. The van der Waals surface area contributed by atoms with Crippen LogP contribution < -0.4 is 0 Å². The number of rotatable bonds is 4. The van der Waals surface area contributed by atoms with E-state index in [1.165, 1.54) is 0 Å². The highest BCUT2D eigenvalue weighted by Gasteiger charge is 2.03. The van der Waals surface area contributed by atoms with Crippen LogP contribution in [0, 0.1) is 0 Å². The first-order valence-electron chi connectivity index (χ1n) is 2.71. The minimum absolute atomic E-state index is 0.299. The molecule has 0 unspecified atom stereocenters. The van der Waals surface area contributed by atoms with E-state index in [4.69, 9.17) is 14.8 Å². The van der Waals surface area contributed by atoms with Gasteiger partial charge in [-0.2, -0.15) is 0 Å². The minimum Gasteiger partial charge on any atom is -0.427 e. The Morgan fingerprint density at radius 1 is 1.50 bits per heavy atom. The van der Waals surface area contributed by atoms with Crippen molar-refractivity contribution >= 4 is 7.12 Å². The third-order valence-corrected chi connectivity index (χ3v) is 0.725. The molecule has 0 aromatic carbocycles. The first-order chi connectivity index (χ1) is 3.77. The summed E-state index contributed by atoms with van der Waals surface area (Å²) in [7, 11) is -1.22. The summed E-state index contributed by atoms with van der Waals surface area (Å²) in [6, 6.07) is 0. The fraction of sp³-hybridized carbons (Fsp3) is 1.00. The highest BCUT2D eigenvalue weighted by molar-refractivity contribution is 6.41. The molecule has 0 bridgehead atoms. The molecule has 4 heteroatoms. The van der Waals surface area contributed by atoms with Crippen LogP contribution in [0.2, 0.25) is 6.32 Å². The van der Waals surface area contributed by atoms with Gasteiger partial charge in [0.2, 0.25) is 0 Å². The van der Waals surface area contributed by atoms with Gasteiger partial charge in [-0.15, -0.1) is 0 Å². The Balaban J connectivity index is 2.72. The third-order valence-electron chi connectivity index (χ3n) is 0.725. The van der Waals surface area contributed by atoms with Crippen molar-refractivity contribution in [2.45, 2.75) is 13.2 Å². The van der Waals surface area contributed by atoms with Crippen LogP contribution in [0.15, 0.2) is 0 Å². The average molecular weight is 118 g/mol. The van der Waals surface area contributed by atoms with Crippen molar-refractivity contribution in [3.05, 3.63) is 0 Å². The first kappa shape index (κ1) is 7.94. The molecule has 2 N–H and O–H groups in total. The molecule has 0 aromatic heterocycles. The van der Waals surface area contributed by atoms with Gasteiger partial charge in [-0.05, 0) is 6.92 Å². The molecule has 0 spiro atoms. The average Bonchev–Trinajstić information content (AvgIpc) is 1.66. The third kappa shape index (κ3) is 5.94. The molecular formula is C4H11BO3. The zero-order valence-electron chi connectivity index (χ0n) is 5.00. The van der Waals surface area contributed by atoms with Gasteiger partial charge in [0.25, 0.3) is 0 Å². The molecule has 0 atom stereocenters. The predicted octanol–water partition coefficient (Wildman–Crippen LogP) is -0.504. The summed E-state index contributed by atoms with van der Waals surface area (Å²) < 4.78 is 4.82. The van der Waals surface area contributed by atoms with E-state index in [2.05, 4.69) is 0 Å². The molecule has 0 aliphatic rings. The quantitative estimate of drug-likeness (QED) is 0.386. The molecule has 0 aromatic rings. The van der Waals surface area contributed by atoms with Crippen LogP contribution >= 0.6 is 0 Å². The Kier molecular flexibility index (Phi) is 5.05. The molecule has 8 heavy (non-hydrogen) atoms. The summed E-state index contributed by atoms with van der Waals surface area (Å²) in [5.74, 6) is 0. The molecular weight excluding hydrogens is 107 g/mol. The molecule has 0 rings (SSSR count). The largest absolute Gasteiger partial charge is 0.453 e. The zero-order chi connectivity index (χ0) is 6.41. The maximum absolute atomic E-state index is 8.25. The number of hydrogen-bond acceptors (Lipinski definition) is 3. The highest BCUT2D eigenvalue weighted by Crippen LogP contribution is 1.84. The summed E-state index contributed by atoms with van der Waals surface area (Å²) >= 11 is 0. The maximum Gasteiger partial charge on any atom is 0.453 e. The second-order valence-electron chi connectivity index (χ2n) is 1.47. The summed E-state index contributed by atoms with van der Waals surface area (Å²) in [5, 5.41) is 16.5. The van der Waals surface area contributed by atoms with Gasteiger partial charge in [0.05, 0.1) is 0 Å². The van der Waals surface area contributed by atoms with Crippen molar-refractivity contribution in [1.29, 1.82) is 0 Å². The van der Waals surface area contributed by atoms with Crippen molar-refractivity contribution in [3.8, 4) is 0 Å². The summed E-state index contributed by atoms with van der Waals surface area (Å²) in [5.41, 5.74) is 0. The molecule has 0 radical (unpaired) electrons. The topological polar surface area (TPSA) is 49.7 Å². The lowest BCUT2D eigenvalue weighted by Crippen LogP contribution is -2.13.